The molecule has 0 spiro atoms. The average molecular weight is 442 g/mol. The summed E-state index contributed by atoms with van der Waals surface area (Å²) in [6.45, 7) is 2.17. The van der Waals surface area contributed by atoms with Crippen molar-refractivity contribution in [2.75, 3.05) is 25.4 Å². The van der Waals surface area contributed by atoms with Crippen molar-refractivity contribution in [3.63, 3.8) is 0 Å². The summed E-state index contributed by atoms with van der Waals surface area (Å²) in [7, 11) is 3.17. The van der Waals surface area contributed by atoms with E-state index in [0.717, 1.165) is 35.2 Å². The van der Waals surface area contributed by atoms with Gasteiger partial charge in [0.25, 0.3) is 0 Å². The Hall–Kier alpha value is -3.20. The molecule has 0 aliphatic carbocycles. The molecule has 0 unspecified atom stereocenters. The second-order valence-electron chi connectivity index (χ2n) is 6.91. The summed E-state index contributed by atoms with van der Waals surface area (Å²) >= 11 is 1.31. The number of nitrogens with zero attached hydrogens (tertiary/aromatic N) is 3. The lowest BCUT2D eigenvalue weighted by Crippen LogP contribution is -2.32. The number of rotatable bonds is 10. The smallest absolute Gasteiger partial charge is 0.315 e. The van der Waals surface area contributed by atoms with E-state index in [4.69, 9.17) is 15.3 Å². The SMILES string of the molecule is CCCCc1ccc(Nc2nnc(SCc3ccc(OC)c(OC)c3)n(N)c2=O)cc1. The van der Waals surface area contributed by atoms with Crippen LogP contribution in [-0.4, -0.2) is 29.1 Å². The molecule has 3 aromatic rings. The summed E-state index contributed by atoms with van der Waals surface area (Å²) in [5.41, 5.74) is 2.55. The minimum absolute atomic E-state index is 0.0827. The van der Waals surface area contributed by atoms with E-state index in [9.17, 15) is 4.79 Å². The lowest BCUT2D eigenvalue weighted by molar-refractivity contribution is 0.354. The van der Waals surface area contributed by atoms with Crippen LogP contribution in [-0.2, 0) is 12.2 Å². The third-order valence-electron chi connectivity index (χ3n) is 4.71. The van der Waals surface area contributed by atoms with E-state index in [1.54, 1.807) is 14.2 Å². The Kier molecular flexibility index (Phi) is 7.77. The first-order chi connectivity index (χ1) is 15.0. The molecule has 0 fully saturated rings. The van der Waals surface area contributed by atoms with Gasteiger partial charge in [-0.05, 0) is 48.2 Å². The van der Waals surface area contributed by atoms with Crippen molar-refractivity contribution in [3.05, 3.63) is 63.9 Å². The van der Waals surface area contributed by atoms with Crippen molar-refractivity contribution in [3.8, 4) is 11.5 Å². The van der Waals surface area contributed by atoms with Crippen molar-refractivity contribution in [2.45, 2.75) is 37.1 Å². The van der Waals surface area contributed by atoms with Gasteiger partial charge in [0.15, 0.2) is 11.5 Å². The fourth-order valence-electron chi connectivity index (χ4n) is 2.95. The number of hydrogen-bond acceptors (Lipinski definition) is 8. The summed E-state index contributed by atoms with van der Waals surface area (Å²) in [4.78, 5) is 12.6. The van der Waals surface area contributed by atoms with Gasteiger partial charge in [-0.2, -0.15) is 4.68 Å². The molecule has 0 saturated carbocycles. The minimum atomic E-state index is -0.445. The van der Waals surface area contributed by atoms with Crippen LogP contribution < -0.4 is 26.2 Å². The van der Waals surface area contributed by atoms with Gasteiger partial charge < -0.3 is 20.6 Å². The fourth-order valence-corrected chi connectivity index (χ4v) is 3.75. The van der Waals surface area contributed by atoms with Crippen LogP contribution in [0, 0.1) is 0 Å². The molecule has 9 heteroatoms. The standard InChI is InChI=1S/C22H27N5O3S/c1-4-5-6-15-7-10-17(11-8-15)24-20-21(28)27(23)22(26-25-20)31-14-16-9-12-18(29-2)19(13-16)30-3/h7-13H,4-6,14,23H2,1-3H3,(H,24,25). The molecule has 0 atom stereocenters. The van der Waals surface area contributed by atoms with Crippen molar-refractivity contribution in [2.24, 2.45) is 0 Å². The van der Waals surface area contributed by atoms with Crippen LogP contribution in [0.1, 0.15) is 30.9 Å². The Morgan fingerprint density at radius 1 is 1.03 bits per heavy atom. The van der Waals surface area contributed by atoms with Gasteiger partial charge in [-0.15, -0.1) is 10.2 Å². The molecular formula is C22H27N5O3S. The summed E-state index contributed by atoms with van der Waals surface area (Å²) in [5.74, 6) is 7.89. The number of nitrogens with two attached hydrogens (primary N) is 1. The van der Waals surface area contributed by atoms with Gasteiger partial charge in [-0.3, -0.25) is 4.79 Å². The van der Waals surface area contributed by atoms with E-state index in [1.165, 1.54) is 17.3 Å². The fraction of sp³-hybridized carbons (Fsp3) is 0.318. The summed E-state index contributed by atoms with van der Waals surface area (Å²) in [6.07, 6.45) is 3.35. The monoisotopic (exact) mass is 441 g/mol. The van der Waals surface area contributed by atoms with E-state index < -0.39 is 5.56 Å². The Balaban J connectivity index is 1.68. The second-order valence-corrected chi connectivity index (χ2v) is 7.85. The Morgan fingerprint density at radius 2 is 1.74 bits per heavy atom. The van der Waals surface area contributed by atoms with Crippen LogP contribution in [0.3, 0.4) is 0 Å². The van der Waals surface area contributed by atoms with Crippen molar-refractivity contribution in [1.29, 1.82) is 0 Å². The van der Waals surface area contributed by atoms with Gasteiger partial charge in [0, 0.05) is 11.4 Å². The highest BCUT2D eigenvalue weighted by atomic mass is 32.2. The van der Waals surface area contributed by atoms with Crippen LogP contribution in [0.4, 0.5) is 11.5 Å². The molecule has 0 amide bonds. The molecule has 3 rings (SSSR count). The first-order valence-electron chi connectivity index (χ1n) is 10.00. The maximum Gasteiger partial charge on any atom is 0.315 e. The predicted octanol–water partition coefficient (Wildman–Crippen LogP) is 3.75. The zero-order chi connectivity index (χ0) is 22.2. The van der Waals surface area contributed by atoms with Crippen LogP contribution >= 0.6 is 11.8 Å². The first-order valence-corrected chi connectivity index (χ1v) is 11.0. The highest BCUT2D eigenvalue weighted by molar-refractivity contribution is 7.98. The van der Waals surface area contributed by atoms with Gasteiger partial charge in [-0.1, -0.05) is 43.3 Å². The molecule has 0 aliphatic rings. The zero-order valence-electron chi connectivity index (χ0n) is 17.9. The largest absolute Gasteiger partial charge is 0.493 e. The highest BCUT2D eigenvalue weighted by Gasteiger charge is 2.12. The minimum Gasteiger partial charge on any atom is -0.493 e. The Morgan fingerprint density at radius 3 is 2.42 bits per heavy atom. The lowest BCUT2D eigenvalue weighted by atomic mass is 10.1. The summed E-state index contributed by atoms with van der Waals surface area (Å²) in [5, 5.41) is 11.5. The maximum atomic E-state index is 12.6. The summed E-state index contributed by atoms with van der Waals surface area (Å²) in [6, 6.07) is 13.6. The van der Waals surface area contributed by atoms with Gasteiger partial charge in [-0.25, -0.2) is 0 Å². The molecule has 0 saturated heterocycles. The molecule has 1 heterocycles. The van der Waals surface area contributed by atoms with Crippen molar-refractivity contribution in [1.82, 2.24) is 14.9 Å². The van der Waals surface area contributed by atoms with Gasteiger partial charge >= 0.3 is 5.56 Å². The second kappa shape index (κ2) is 10.7. The topological polar surface area (TPSA) is 104 Å². The van der Waals surface area contributed by atoms with E-state index in [-0.39, 0.29) is 5.82 Å². The molecule has 0 bridgehead atoms. The number of nitrogens with one attached hydrogen (secondary N) is 1. The first kappa shape index (κ1) is 22.5. The Bertz CT molecular complexity index is 1070. The number of unbranched alkanes of at least 4 members (excludes halogenated alkanes) is 1. The number of ether oxygens (including phenoxy) is 2. The van der Waals surface area contributed by atoms with Crippen LogP contribution in [0.2, 0.25) is 0 Å². The maximum absolute atomic E-state index is 12.6. The van der Waals surface area contributed by atoms with E-state index in [0.29, 0.717) is 22.4 Å². The number of aryl methyl sites for hydroxylation is 1. The predicted molar refractivity (Wildman–Crippen MR) is 124 cm³/mol. The molecule has 2 aromatic carbocycles. The molecule has 164 valence electrons. The number of hydrogen-bond donors (Lipinski definition) is 2. The number of thioether (sulfide) groups is 1. The zero-order valence-corrected chi connectivity index (χ0v) is 18.7. The normalized spacial score (nSPS) is 10.7. The lowest BCUT2D eigenvalue weighted by Gasteiger charge is -2.11. The summed E-state index contributed by atoms with van der Waals surface area (Å²) < 4.78 is 11.6. The van der Waals surface area contributed by atoms with Gasteiger partial charge in [0.2, 0.25) is 11.0 Å². The average Bonchev–Trinajstić information content (AvgIpc) is 2.80. The van der Waals surface area contributed by atoms with Gasteiger partial charge in [0.1, 0.15) is 0 Å². The number of nitrogen functional groups attached to an aromatic ring is 1. The number of anilines is 2. The van der Waals surface area contributed by atoms with Crippen molar-refractivity contribution >= 4 is 23.3 Å². The van der Waals surface area contributed by atoms with E-state index >= 15 is 0 Å². The molecule has 8 nitrogen and oxygen atoms in total. The van der Waals surface area contributed by atoms with Crippen LogP contribution in [0.15, 0.2) is 52.4 Å². The molecule has 3 N–H and O–H groups in total. The molecular weight excluding hydrogens is 414 g/mol. The molecule has 0 aliphatic heterocycles. The van der Waals surface area contributed by atoms with E-state index in [2.05, 4.69) is 22.4 Å². The Labute approximate surface area is 185 Å². The molecule has 0 radical (unpaired) electrons. The number of methoxy groups -OCH3 is 2. The van der Waals surface area contributed by atoms with Gasteiger partial charge in [0.05, 0.1) is 14.2 Å². The number of benzene rings is 2. The quantitative estimate of drug-likeness (QED) is 0.362. The van der Waals surface area contributed by atoms with E-state index in [1.807, 2.05) is 42.5 Å². The molecule has 31 heavy (non-hydrogen) atoms. The highest BCUT2D eigenvalue weighted by Crippen LogP contribution is 2.30. The van der Waals surface area contributed by atoms with Crippen LogP contribution in [0.5, 0.6) is 11.5 Å². The van der Waals surface area contributed by atoms with Crippen molar-refractivity contribution < 1.29 is 9.47 Å². The molecule has 1 aromatic heterocycles. The third-order valence-corrected chi connectivity index (χ3v) is 5.73. The number of aromatic nitrogens is 3. The third kappa shape index (κ3) is 5.69. The van der Waals surface area contributed by atoms with Crippen LogP contribution in [0.25, 0.3) is 0 Å².